The predicted octanol–water partition coefficient (Wildman–Crippen LogP) is 4.84. The monoisotopic (exact) mass is 898 g/mol. The zero-order valence-electron chi connectivity index (χ0n) is 38.2. The number of nitrogens with two attached hydrogens (primary N) is 3. The Labute approximate surface area is 386 Å². The molecule has 4 aromatic carbocycles. The Bertz CT molecular complexity index is 2450. The molecule has 348 valence electrons. The molecule has 0 fully saturated rings. The van der Waals surface area contributed by atoms with Gasteiger partial charge in [-0.3, -0.25) is 19.2 Å². The maximum absolute atomic E-state index is 14.4. The van der Waals surface area contributed by atoms with Crippen molar-refractivity contribution in [2.75, 3.05) is 46.4 Å². The summed E-state index contributed by atoms with van der Waals surface area (Å²) in [6, 6.07) is 25.1. The number of likely N-dealkylation sites (N-methyl/N-ethyl adjacent to an activating group) is 1. The van der Waals surface area contributed by atoms with E-state index in [1.54, 1.807) is 36.4 Å². The second-order valence-corrected chi connectivity index (χ2v) is 15.9. The summed E-state index contributed by atoms with van der Waals surface area (Å²) in [6.07, 6.45) is 6.02. The number of nitriles is 1. The van der Waals surface area contributed by atoms with Crippen molar-refractivity contribution < 1.29 is 28.7 Å². The third kappa shape index (κ3) is 13.3. The van der Waals surface area contributed by atoms with E-state index in [4.69, 9.17) is 26.7 Å². The molecule has 5 aromatic rings. The first-order chi connectivity index (χ1) is 31.9. The van der Waals surface area contributed by atoms with E-state index in [9.17, 15) is 24.4 Å². The van der Waals surface area contributed by atoms with Gasteiger partial charge in [-0.15, -0.1) is 0 Å². The highest BCUT2D eigenvalue weighted by atomic mass is 16.5. The molecule has 0 saturated heterocycles. The molecule has 2 unspecified atom stereocenters. The third-order valence-electron chi connectivity index (χ3n) is 10.9. The van der Waals surface area contributed by atoms with Gasteiger partial charge in [0.15, 0.2) is 0 Å². The number of unbranched alkanes of at least 4 members (excludes halogenated alkanes) is 1. The second-order valence-electron chi connectivity index (χ2n) is 15.9. The Morgan fingerprint density at radius 2 is 1.45 bits per heavy atom. The van der Waals surface area contributed by atoms with Gasteiger partial charge >= 0.3 is 0 Å². The number of rotatable bonds is 16. The molecule has 66 heavy (non-hydrogen) atoms. The van der Waals surface area contributed by atoms with Crippen LogP contribution in [0, 0.1) is 11.3 Å². The Balaban J connectivity index is 0.00000196. The number of hydrogen-bond acceptors (Lipinski definition) is 11. The van der Waals surface area contributed by atoms with Gasteiger partial charge in [-0.2, -0.15) is 5.26 Å². The molecule has 4 bridgehead atoms. The Kier molecular flexibility index (Phi) is 18.8. The number of aromatic nitrogens is 2. The zero-order chi connectivity index (χ0) is 47.6. The number of amides is 4. The first-order valence-electron chi connectivity index (χ1n) is 22.4. The molecule has 0 aliphatic carbocycles. The zero-order valence-corrected chi connectivity index (χ0v) is 38.2. The van der Waals surface area contributed by atoms with E-state index in [2.05, 4.69) is 64.0 Å². The maximum Gasteiger partial charge on any atom is 0.251 e. The van der Waals surface area contributed by atoms with Gasteiger partial charge in [0.1, 0.15) is 54.4 Å². The Morgan fingerprint density at radius 3 is 2.05 bits per heavy atom. The summed E-state index contributed by atoms with van der Waals surface area (Å²) in [7, 11) is 1.46. The highest BCUT2D eigenvalue weighted by molar-refractivity contribution is 5.98. The number of H-pyrrole nitrogens is 1. The van der Waals surface area contributed by atoms with Crippen LogP contribution in [0.5, 0.6) is 11.5 Å². The largest absolute Gasteiger partial charge is 0.492 e. The molecule has 6 rings (SSSR count). The molecule has 2 heterocycles. The van der Waals surface area contributed by atoms with Gasteiger partial charge in [-0.1, -0.05) is 68.8 Å². The van der Waals surface area contributed by atoms with Gasteiger partial charge in [0.05, 0.1) is 18.8 Å². The minimum Gasteiger partial charge on any atom is -0.492 e. The van der Waals surface area contributed by atoms with Gasteiger partial charge in [0.25, 0.3) is 5.91 Å². The van der Waals surface area contributed by atoms with Crippen molar-refractivity contribution in [1.82, 2.24) is 30.8 Å². The number of hydrogen-bond donors (Lipinski definition) is 7. The van der Waals surface area contributed by atoms with Crippen molar-refractivity contribution >= 4 is 23.6 Å². The van der Waals surface area contributed by atoms with E-state index in [0.717, 1.165) is 48.9 Å². The van der Waals surface area contributed by atoms with E-state index >= 15 is 0 Å². The molecule has 16 heteroatoms. The summed E-state index contributed by atoms with van der Waals surface area (Å²) in [5, 5.41) is 17.9. The van der Waals surface area contributed by atoms with Crippen LogP contribution in [0.15, 0.2) is 91.1 Å². The SMILES string of the molecule is CCCCc1ccc(-c2ccc(C(=O)NCC(=O)N(C)C3C(=O)N[C@@H](C)C(=O)NC(c4ncc(C#N)[nH]4)Cc4ccc(OCCN)c(c4)-c4cc3ccc4OCCN)cc2)cc1.CCCN. The minimum atomic E-state index is -1.27. The minimum absolute atomic E-state index is 0.188. The van der Waals surface area contributed by atoms with Gasteiger partial charge in [0, 0.05) is 36.8 Å². The predicted molar refractivity (Wildman–Crippen MR) is 254 cm³/mol. The summed E-state index contributed by atoms with van der Waals surface area (Å²) in [5.74, 6) is -0.956. The van der Waals surface area contributed by atoms with Crippen molar-refractivity contribution in [3.8, 4) is 39.8 Å². The van der Waals surface area contributed by atoms with Gasteiger partial charge in [0.2, 0.25) is 17.7 Å². The molecule has 0 radical (unpaired) electrons. The maximum atomic E-state index is 14.4. The Hall–Kier alpha value is -7.06. The average molecular weight is 899 g/mol. The van der Waals surface area contributed by atoms with Crippen molar-refractivity contribution in [2.45, 2.75) is 71.0 Å². The molecule has 16 nitrogen and oxygen atoms in total. The molecular formula is C50H62N10O6. The number of nitrogens with zero attached hydrogens (tertiary/aromatic N) is 3. The van der Waals surface area contributed by atoms with Crippen LogP contribution in [0.25, 0.3) is 22.3 Å². The van der Waals surface area contributed by atoms with Crippen LogP contribution in [0.2, 0.25) is 0 Å². The van der Waals surface area contributed by atoms with Crippen molar-refractivity contribution in [2.24, 2.45) is 17.2 Å². The molecule has 10 N–H and O–H groups in total. The first-order valence-corrected chi connectivity index (χ1v) is 22.4. The highest BCUT2D eigenvalue weighted by Gasteiger charge is 2.33. The number of fused-ring (bicyclic) bond motifs is 5. The third-order valence-corrected chi connectivity index (χ3v) is 10.9. The number of ether oxygens (including phenoxy) is 2. The number of aryl methyl sites for hydroxylation is 1. The fourth-order valence-electron chi connectivity index (χ4n) is 7.25. The Morgan fingerprint density at radius 1 is 0.833 bits per heavy atom. The van der Waals surface area contributed by atoms with Crippen LogP contribution in [-0.4, -0.2) is 91.0 Å². The van der Waals surface area contributed by atoms with Crippen LogP contribution >= 0.6 is 0 Å². The summed E-state index contributed by atoms with van der Waals surface area (Å²) in [4.78, 5) is 64.0. The molecule has 1 aliphatic rings. The molecule has 3 atom stereocenters. The number of imidazole rings is 1. The highest BCUT2D eigenvalue weighted by Crippen LogP contribution is 2.40. The summed E-state index contributed by atoms with van der Waals surface area (Å²) in [6.45, 7) is 7.02. The molecule has 0 spiro atoms. The van der Waals surface area contributed by atoms with Crippen molar-refractivity contribution in [1.29, 1.82) is 5.26 Å². The fraction of sp³-hybridized carbons (Fsp3) is 0.360. The van der Waals surface area contributed by atoms with Crippen LogP contribution < -0.4 is 42.6 Å². The summed E-state index contributed by atoms with van der Waals surface area (Å²) in [5.41, 5.74) is 22.8. The van der Waals surface area contributed by atoms with Crippen LogP contribution in [0.3, 0.4) is 0 Å². The molecular weight excluding hydrogens is 837 g/mol. The van der Waals surface area contributed by atoms with E-state index in [0.29, 0.717) is 39.6 Å². The van der Waals surface area contributed by atoms with Crippen molar-refractivity contribution in [3.63, 3.8) is 0 Å². The number of aromatic amines is 1. The van der Waals surface area contributed by atoms with E-state index in [1.807, 2.05) is 30.3 Å². The normalized spacial score (nSPS) is 15.7. The average Bonchev–Trinajstić information content (AvgIpc) is 3.83. The van der Waals surface area contributed by atoms with E-state index in [1.165, 1.54) is 30.6 Å². The van der Waals surface area contributed by atoms with E-state index < -0.39 is 48.3 Å². The quantitative estimate of drug-likeness (QED) is 0.0706. The molecule has 1 aliphatic heterocycles. The second kappa shape index (κ2) is 24.9. The number of benzene rings is 4. The standard InChI is InChI=1S/C47H53N9O6.C3H9N/c1-4-5-6-30-7-10-32(11-8-30)33-12-14-34(15-13-33)46(59)52-28-42(57)56(3)43-35-16-18-41(62-22-20-49)38(25-35)37-23-31(9-17-40(37)61-21-19-48)24-39(44-51-27-36(26-50)54-44)55-45(58)29(2)53-47(43)60;1-2-3-4/h7-18,23,25,27,29,39,43H,4-6,19-22,24,28,48-49H2,1-3H3,(H,51,54)(H,52,59)(H,53,60)(H,55,58);2-4H2,1H3/t29-,39?,43?;/m0./s1. The lowest BCUT2D eigenvalue weighted by Crippen LogP contribution is -2.51. The van der Waals surface area contributed by atoms with Crippen LogP contribution in [0.1, 0.15) is 90.7 Å². The molecule has 0 saturated carbocycles. The molecule has 1 aromatic heterocycles. The smallest absolute Gasteiger partial charge is 0.251 e. The van der Waals surface area contributed by atoms with Crippen molar-refractivity contribution in [3.05, 3.63) is 125 Å². The summed E-state index contributed by atoms with van der Waals surface area (Å²) >= 11 is 0. The number of carbonyl (C=O) groups is 4. The fourth-order valence-corrected chi connectivity index (χ4v) is 7.25. The molecule has 4 amide bonds. The van der Waals surface area contributed by atoms with Gasteiger partial charge < -0.3 is 52.5 Å². The van der Waals surface area contributed by atoms with Gasteiger partial charge in [-0.05, 0) is 103 Å². The lowest BCUT2D eigenvalue weighted by molar-refractivity contribution is -0.139. The topological polar surface area (TPSA) is 257 Å². The first kappa shape index (κ1) is 49.9. The number of carbonyl (C=O) groups excluding carboxylic acids is 4. The van der Waals surface area contributed by atoms with E-state index in [-0.39, 0.29) is 38.4 Å². The lowest BCUT2D eigenvalue weighted by atomic mass is 9.93. The number of nitrogens with one attached hydrogen (secondary N) is 4. The van der Waals surface area contributed by atoms with Crippen LogP contribution in [0.4, 0.5) is 0 Å². The summed E-state index contributed by atoms with van der Waals surface area (Å²) < 4.78 is 12.2. The van der Waals surface area contributed by atoms with Gasteiger partial charge in [-0.25, -0.2) is 4.98 Å². The lowest BCUT2D eigenvalue weighted by Gasteiger charge is -2.30. The van der Waals surface area contributed by atoms with Crippen LogP contribution in [-0.2, 0) is 27.2 Å².